The van der Waals surface area contributed by atoms with Crippen LogP contribution in [0.2, 0.25) is 0 Å². The summed E-state index contributed by atoms with van der Waals surface area (Å²) in [7, 11) is 3.81. The lowest BCUT2D eigenvalue weighted by Gasteiger charge is -2.22. The zero-order valence-electron chi connectivity index (χ0n) is 9.88. The monoisotopic (exact) mass is 213 g/mol. The second kappa shape index (κ2) is 6.80. The summed E-state index contributed by atoms with van der Waals surface area (Å²) in [5, 5.41) is 6.34. The maximum atomic E-state index is 11.3. The summed E-state index contributed by atoms with van der Waals surface area (Å²) in [6, 6.07) is 0. The van der Waals surface area contributed by atoms with Crippen LogP contribution in [0.5, 0.6) is 0 Å². The molecule has 4 heteroatoms. The minimum atomic E-state index is 0.128. The Bertz CT molecular complexity index is 188. The van der Waals surface area contributed by atoms with Gasteiger partial charge in [-0.25, -0.2) is 0 Å². The highest BCUT2D eigenvalue weighted by molar-refractivity contribution is 5.77. The molecule has 0 aliphatic carbocycles. The molecular weight excluding hydrogens is 190 g/mol. The van der Waals surface area contributed by atoms with Crippen molar-refractivity contribution in [2.45, 2.75) is 19.3 Å². The Balaban J connectivity index is 2.02. The first-order chi connectivity index (χ1) is 7.18. The third-order valence-electron chi connectivity index (χ3n) is 2.73. The molecule has 0 aromatic carbocycles. The van der Waals surface area contributed by atoms with Gasteiger partial charge in [0.15, 0.2) is 0 Å². The number of carbonyl (C=O) groups excluding carboxylic acids is 1. The molecule has 1 rings (SSSR count). The molecule has 2 N–H and O–H groups in total. The summed E-state index contributed by atoms with van der Waals surface area (Å²) in [5.74, 6) is 0.877. The predicted molar refractivity (Wildman–Crippen MR) is 61.8 cm³/mol. The van der Waals surface area contributed by atoms with Crippen LogP contribution in [-0.4, -0.2) is 51.1 Å². The van der Waals surface area contributed by atoms with Crippen molar-refractivity contribution in [3.63, 3.8) is 0 Å². The molecule has 0 aromatic heterocycles. The highest BCUT2D eigenvalue weighted by Crippen LogP contribution is 2.12. The van der Waals surface area contributed by atoms with Gasteiger partial charge in [-0.2, -0.15) is 0 Å². The highest BCUT2D eigenvalue weighted by Gasteiger charge is 2.12. The first-order valence-electron chi connectivity index (χ1n) is 5.80. The third kappa shape index (κ3) is 5.74. The van der Waals surface area contributed by atoms with Crippen LogP contribution in [-0.2, 0) is 4.79 Å². The van der Waals surface area contributed by atoms with Crippen molar-refractivity contribution < 1.29 is 4.79 Å². The molecule has 1 unspecified atom stereocenters. The molecular formula is C11H23N3O. The van der Waals surface area contributed by atoms with E-state index >= 15 is 0 Å². The van der Waals surface area contributed by atoms with Gasteiger partial charge in [0, 0.05) is 6.54 Å². The van der Waals surface area contributed by atoms with Gasteiger partial charge in [0.2, 0.25) is 5.91 Å². The number of carbonyl (C=O) groups is 1. The molecule has 0 radical (unpaired) electrons. The Morgan fingerprint density at radius 2 is 2.33 bits per heavy atom. The van der Waals surface area contributed by atoms with Gasteiger partial charge >= 0.3 is 0 Å². The number of nitrogens with one attached hydrogen (secondary N) is 2. The molecule has 1 aliphatic heterocycles. The summed E-state index contributed by atoms with van der Waals surface area (Å²) in [6.45, 7) is 3.58. The summed E-state index contributed by atoms with van der Waals surface area (Å²) in [6.07, 6.45) is 3.68. The molecule has 0 saturated carbocycles. The minimum Gasteiger partial charge on any atom is -0.355 e. The van der Waals surface area contributed by atoms with Crippen LogP contribution in [0.25, 0.3) is 0 Å². The molecule has 88 valence electrons. The molecule has 15 heavy (non-hydrogen) atoms. The Morgan fingerprint density at radius 3 is 2.93 bits per heavy atom. The quantitative estimate of drug-likeness (QED) is 0.678. The Morgan fingerprint density at radius 1 is 1.53 bits per heavy atom. The van der Waals surface area contributed by atoms with Crippen LogP contribution in [0, 0.1) is 5.92 Å². The fraction of sp³-hybridized carbons (Fsp3) is 0.909. The van der Waals surface area contributed by atoms with E-state index in [-0.39, 0.29) is 5.91 Å². The van der Waals surface area contributed by atoms with Crippen molar-refractivity contribution in [2.75, 3.05) is 40.3 Å². The zero-order valence-corrected chi connectivity index (χ0v) is 9.88. The second-order valence-electron chi connectivity index (χ2n) is 4.59. The average molecular weight is 213 g/mol. The molecule has 1 saturated heterocycles. The predicted octanol–water partition coefficient (Wildman–Crippen LogP) is 0.0539. The molecule has 1 heterocycles. The van der Waals surface area contributed by atoms with E-state index in [4.69, 9.17) is 0 Å². The first kappa shape index (κ1) is 12.5. The maximum Gasteiger partial charge on any atom is 0.234 e. The third-order valence-corrected chi connectivity index (χ3v) is 2.73. The number of amides is 1. The normalized spacial score (nSPS) is 21.7. The fourth-order valence-corrected chi connectivity index (χ4v) is 1.93. The summed E-state index contributed by atoms with van der Waals surface area (Å²) in [5.41, 5.74) is 0. The van der Waals surface area contributed by atoms with Crippen molar-refractivity contribution in [3.8, 4) is 0 Å². The summed E-state index contributed by atoms with van der Waals surface area (Å²) < 4.78 is 0. The largest absolute Gasteiger partial charge is 0.355 e. The van der Waals surface area contributed by atoms with Crippen molar-refractivity contribution in [1.82, 2.24) is 15.5 Å². The summed E-state index contributed by atoms with van der Waals surface area (Å²) >= 11 is 0. The second-order valence-corrected chi connectivity index (χ2v) is 4.59. The van der Waals surface area contributed by atoms with Gasteiger partial charge in [-0.3, -0.25) is 4.79 Å². The van der Waals surface area contributed by atoms with E-state index in [1.165, 1.54) is 12.8 Å². The number of hydrogen-bond acceptors (Lipinski definition) is 3. The average Bonchev–Trinajstić information content (AvgIpc) is 2.18. The fourth-order valence-electron chi connectivity index (χ4n) is 1.93. The van der Waals surface area contributed by atoms with E-state index in [2.05, 4.69) is 10.6 Å². The SMILES string of the molecule is CN(C)CC(=O)NCCC1CCCNC1. The standard InChI is InChI=1S/C11H23N3O/c1-14(2)9-11(15)13-7-5-10-4-3-6-12-8-10/h10,12H,3-9H2,1-2H3,(H,13,15). The van der Waals surface area contributed by atoms with Crippen molar-refractivity contribution in [2.24, 2.45) is 5.92 Å². The van der Waals surface area contributed by atoms with Crippen LogP contribution in [0.1, 0.15) is 19.3 Å². The van der Waals surface area contributed by atoms with E-state index in [1.807, 2.05) is 19.0 Å². The molecule has 1 atom stereocenters. The topological polar surface area (TPSA) is 44.4 Å². The minimum absolute atomic E-state index is 0.128. The Kier molecular flexibility index (Phi) is 5.65. The van der Waals surface area contributed by atoms with E-state index in [9.17, 15) is 4.79 Å². The molecule has 1 aliphatic rings. The van der Waals surface area contributed by atoms with Crippen LogP contribution in [0.4, 0.5) is 0 Å². The van der Waals surface area contributed by atoms with E-state index in [1.54, 1.807) is 0 Å². The van der Waals surface area contributed by atoms with Gasteiger partial charge in [0.25, 0.3) is 0 Å². The lowest BCUT2D eigenvalue weighted by Crippen LogP contribution is -2.36. The number of piperidine rings is 1. The molecule has 0 aromatic rings. The molecule has 1 amide bonds. The number of nitrogens with zero attached hydrogens (tertiary/aromatic N) is 1. The Labute approximate surface area is 92.4 Å². The van der Waals surface area contributed by atoms with E-state index < -0.39 is 0 Å². The number of rotatable bonds is 5. The van der Waals surface area contributed by atoms with E-state index in [0.29, 0.717) is 6.54 Å². The van der Waals surface area contributed by atoms with E-state index in [0.717, 1.165) is 32.0 Å². The van der Waals surface area contributed by atoms with Crippen LogP contribution in [0.15, 0.2) is 0 Å². The van der Waals surface area contributed by atoms with Crippen LogP contribution in [0.3, 0.4) is 0 Å². The van der Waals surface area contributed by atoms with Gasteiger partial charge in [-0.1, -0.05) is 0 Å². The molecule has 1 fully saturated rings. The molecule has 0 spiro atoms. The molecule has 4 nitrogen and oxygen atoms in total. The highest BCUT2D eigenvalue weighted by atomic mass is 16.1. The van der Waals surface area contributed by atoms with Crippen molar-refractivity contribution >= 4 is 5.91 Å². The van der Waals surface area contributed by atoms with Crippen LogP contribution >= 0.6 is 0 Å². The number of hydrogen-bond donors (Lipinski definition) is 2. The smallest absolute Gasteiger partial charge is 0.234 e. The lowest BCUT2D eigenvalue weighted by molar-refractivity contribution is -0.121. The zero-order chi connectivity index (χ0) is 11.1. The van der Waals surface area contributed by atoms with Gasteiger partial charge in [0.1, 0.15) is 0 Å². The van der Waals surface area contributed by atoms with Gasteiger partial charge in [0.05, 0.1) is 6.54 Å². The maximum absolute atomic E-state index is 11.3. The van der Waals surface area contributed by atoms with Gasteiger partial charge in [-0.05, 0) is 52.4 Å². The van der Waals surface area contributed by atoms with Gasteiger partial charge < -0.3 is 15.5 Å². The number of likely N-dealkylation sites (N-methyl/N-ethyl adjacent to an activating group) is 1. The van der Waals surface area contributed by atoms with Crippen molar-refractivity contribution in [3.05, 3.63) is 0 Å². The first-order valence-corrected chi connectivity index (χ1v) is 5.80. The summed E-state index contributed by atoms with van der Waals surface area (Å²) in [4.78, 5) is 13.2. The lowest BCUT2D eigenvalue weighted by atomic mass is 9.96. The molecule has 0 bridgehead atoms. The van der Waals surface area contributed by atoms with Gasteiger partial charge in [-0.15, -0.1) is 0 Å². The van der Waals surface area contributed by atoms with Crippen molar-refractivity contribution in [1.29, 1.82) is 0 Å². The van der Waals surface area contributed by atoms with Crippen LogP contribution < -0.4 is 10.6 Å². The Hall–Kier alpha value is -0.610.